The van der Waals surface area contributed by atoms with Crippen LogP contribution in [0.5, 0.6) is 0 Å². The molecule has 0 radical (unpaired) electrons. The summed E-state index contributed by atoms with van der Waals surface area (Å²) in [4.78, 5) is 2.49. The normalized spacial score (nSPS) is 26.8. The van der Waals surface area contributed by atoms with Crippen molar-refractivity contribution in [1.29, 1.82) is 0 Å². The standard InChI is InChI=1S/C19H30N2O/c1-15-7-8-16-5-2-3-6-18(16)19(15)20-11-4-12-21-13-9-17(22)10-14-21/h2-3,5-6,15,17,19-20,22H,4,7-14H2,1H3/t15-,19+/m0/s1. The first-order valence-electron chi connectivity index (χ1n) is 8.95. The van der Waals surface area contributed by atoms with Crippen LogP contribution in [0.4, 0.5) is 0 Å². The first-order valence-corrected chi connectivity index (χ1v) is 8.95. The van der Waals surface area contributed by atoms with Gasteiger partial charge in [0.2, 0.25) is 0 Å². The summed E-state index contributed by atoms with van der Waals surface area (Å²) in [5, 5.41) is 13.4. The third-order valence-electron chi connectivity index (χ3n) is 5.40. The van der Waals surface area contributed by atoms with E-state index in [1.807, 2.05) is 0 Å². The number of aliphatic hydroxyl groups excluding tert-OH is 1. The fraction of sp³-hybridized carbons (Fsp3) is 0.684. The number of aliphatic hydroxyl groups is 1. The van der Waals surface area contributed by atoms with E-state index in [9.17, 15) is 5.11 Å². The molecule has 1 heterocycles. The molecule has 0 bridgehead atoms. The number of nitrogens with zero attached hydrogens (tertiary/aromatic N) is 1. The van der Waals surface area contributed by atoms with Crippen molar-refractivity contribution < 1.29 is 5.11 Å². The summed E-state index contributed by atoms with van der Waals surface area (Å²) in [5.74, 6) is 0.722. The van der Waals surface area contributed by atoms with Gasteiger partial charge in [0.25, 0.3) is 0 Å². The van der Waals surface area contributed by atoms with Crippen LogP contribution in [0.15, 0.2) is 24.3 Å². The molecule has 0 saturated carbocycles. The number of nitrogens with one attached hydrogen (secondary N) is 1. The number of hydrogen-bond donors (Lipinski definition) is 2. The van der Waals surface area contributed by atoms with Gasteiger partial charge in [-0.3, -0.25) is 0 Å². The maximum Gasteiger partial charge on any atom is 0.0564 e. The van der Waals surface area contributed by atoms with Crippen LogP contribution in [0.2, 0.25) is 0 Å². The minimum Gasteiger partial charge on any atom is -0.393 e. The largest absolute Gasteiger partial charge is 0.393 e. The Morgan fingerprint density at radius 3 is 2.77 bits per heavy atom. The van der Waals surface area contributed by atoms with Gasteiger partial charge in [-0.2, -0.15) is 0 Å². The SMILES string of the molecule is C[C@H]1CCc2ccccc2[C@@H]1NCCCN1CCC(O)CC1. The summed E-state index contributed by atoms with van der Waals surface area (Å²) in [5.41, 5.74) is 3.05. The third-order valence-corrected chi connectivity index (χ3v) is 5.40. The Labute approximate surface area is 134 Å². The van der Waals surface area contributed by atoms with Crippen molar-refractivity contribution in [3.63, 3.8) is 0 Å². The summed E-state index contributed by atoms with van der Waals surface area (Å²) in [6.45, 7) is 6.73. The molecule has 2 atom stereocenters. The second-order valence-corrected chi connectivity index (χ2v) is 7.07. The molecule has 2 N–H and O–H groups in total. The Morgan fingerprint density at radius 2 is 1.95 bits per heavy atom. The topological polar surface area (TPSA) is 35.5 Å². The van der Waals surface area contributed by atoms with Gasteiger partial charge in [-0.15, -0.1) is 0 Å². The van der Waals surface area contributed by atoms with Crippen LogP contribution >= 0.6 is 0 Å². The summed E-state index contributed by atoms with van der Waals surface area (Å²) in [7, 11) is 0. The van der Waals surface area contributed by atoms with Crippen LogP contribution in [0.25, 0.3) is 0 Å². The molecule has 122 valence electrons. The van der Waals surface area contributed by atoms with Crippen molar-refractivity contribution in [2.75, 3.05) is 26.2 Å². The van der Waals surface area contributed by atoms with Gasteiger partial charge in [-0.05, 0) is 62.2 Å². The van der Waals surface area contributed by atoms with Crippen LogP contribution in [-0.2, 0) is 6.42 Å². The highest BCUT2D eigenvalue weighted by molar-refractivity contribution is 5.32. The van der Waals surface area contributed by atoms with E-state index in [-0.39, 0.29) is 6.10 Å². The fourth-order valence-corrected chi connectivity index (χ4v) is 3.94. The molecule has 1 aliphatic heterocycles. The van der Waals surface area contributed by atoms with E-state index < -0.39 is 0 Å². The summed E-state index contributed by atoms with van der Waals surface area (Å²) in [6, 6.07) is 9.44. The molecule has 22 heavy (non-hydrogen) atoms. The molecular weight excluding hydrogens is 272 g/mol. The van der Waals surface area contributed by atoms with Crippen molar-refractivity contribution in [2.45, 2.75) is 51.2 Å². The van der Waals surface area contributed by atoms with E-state index in [1.54, 1.807) is 0 Å². The molecule has 1 aromatic rings. The summed E-state index contributed by atoms with van der Waals surface area (Å²) < 4.78 is 0. The number of benzene rings is 1. The average molecular weight is 302 g/mol. The van der Waals surface area contributed by atoms with Gasteiger partial charge in [0.05, 0.1) is 6.10 Å². The lowest BCUT2D eigenvalue weighted by Gasteiger charge is -2.33. The molecule has 3 nitrogen and oxygen atoms in total. The van der Waals surface area contributed by atoms with Crippen molar-refractivity contribution >= 4 is 0 Å². The molecule has 1 saturated heterocycles. The molecule has 1 aromatic carbocycles. The highest BCUT2D eigenvalue weighted by Crippen LogP contribution is 2.33. The van der Waals surface area contributed by atoms with Crippen LogP contribution in [-0.4, -0.2) is 42.3 Å². The predicted molar refractivity (Wildman–Crippen MR) is 91.0 cm³/mol. The van der Waals surface area contributed by atoms with Gasteiger partial charge in [-0.25, -0.2) is 0 Å². The first kappa shape index (κ1) is 16.0. The highest BCUT2D eigenvalue weighted by Gasteiger charge is 2.25. The van der Waals surface area contributed by atoms with E-state index in [2.05, 4.69) is 41.4 Å². The van der Waals surface area contributed by atoms with Crippen molar-refractivity contribution in [1.82, 2.24) is 10.2 Å². The number of likely N-dealkylation sites (tertiary alicyclic amines) is 1. The van der Waals surface area contributed by atoms with Crippen molar-refractivity contribution in [2.24, 2.45) is 5.92 Å². The van der Waals surface area contributed by atoms with Gasteiger partial charge in [-0.1, -0.05) is 31.2 Å². The highest BCUT2D eigenvalue weighted by atomic mass is 16.3. The molecule has 0 aromatic heterocycles. The van der Waals surface area contributed by atoms with Crippen LogP contribution in [0, 0.1) is 5.92 Å². The number of fused-ring (bicyclic) bond motifs is 1. The van der Waals surface area contributed by atoms with E-state index in [0.29, 0.717) is 6.04 Å². The molecule has 0 spiro atoms. The summed E-state index contributed by atoms with van der Waals surface area (Å²) in [6.07, 6.45) is 5.54. The minimum atomic E-state index is -0.0611. The van der Waals surface area contributed by atoms with E-state index in [0.717, 1.165) is 44.9 Å². The maximum atomic E-state index is 9.55. The van der Waals surface area contributed by atoms with Crippen LogP contribution < -0.4 is 5.32 Å². The van der Waals surface area contributed by atoms with E-state index >= 15 is 0 Å². The molecule has 0 unspecified atom stereocenters. The number of piperidine rings is 1. The maximum absolute atomic E-state index is 9.55. The molecule has 2 aliphatic rings. The van der Waals surface area contributed by atoms with Crippen molar-refractivity contribution in [3.05, 3.63) is 35.4 Å². The number of rotatable bonds is 5. The second-order valence-electron chi connectivity index (χ2n) is 7.07. The third kappa shape index (κ3) is 3.89. The van der Waals surface area contributed by atoms with E-state index in [4.69, 9.17) is 0 Å². The van der Waals surface area contributed by atoms with Gasteiger partial charge in [0.15, 0.2) is 0 Å². The monoisotopic (exact) mass is 302 g/mol. The van der Waals surface area contributed by atoms with Gasteiger partial charge in [0.1, 0.15) is 0 Å². The summed E-state index contributed by atoms with van der Waals surface area (Å²) >= 11 is 0. The van der Waals surface area contributed by atoms with Gasteiger partial charge >= 0.3 is 0 Å². The molecule has 0 amide bonds. The van der Waals surface area contributed by atoms with Crippen LogP contribution in [0.3, 0.4) is 0 Å². The Balaban J connectivity index is 1.45. The quantitative estimate of drug-likeness (QED) is 0.821. The number of hydrogen-bond acceptors (Lipinski definition) is 3. The zero-order valence-electron chi connectivity index (χ0n) is 13.8. The smallest absolute Gasteiger partial charge is 0.0564 e. The molecule has 1 fully saturated rings. The Kier molecular flexibility index (Phi) is 5.51. The van der Waals surface area contributed by atoms with Gasteiger partial charge in [0, 0.05) is 19.1 Å². The molecular formula is C19H30N2O. The Hall–Kier alpha value is -0.900. The first-order chi connectivity index (χ1) is 10.7. The zero-order chi connectivity index (χ0) is 15.4. The lowest BCUT2D eigenvalue weighted by Crippen LogP contribution is -2.38. The van der Waals surface area contributed by atoms with E-state index in [1.165, 1.54) is 30.4 Å². The van der Waals surface area contributed by atoms with Gasteiger partial charge < -0.3 is 15.3 Å². The minimum absolute atomic E-state index is 0.0611. The molecule has 3 rings (SSSR count). The average Bonchev–Trinajstić information content (AvgIpc) is 2.55. The Morgan fingerprint density at radius 1 is 1.18 bits per heavy atom. The molecule has 1 aliphatic carbocycles. The lowest BCUT2D eigenvalue weighted by molar-refractivity contribution is 0.0819. The zero-order valence-corrected chi connectivity index (χ0v) is 13.8. The lowest BCUT2D eigenvalue weighted by atomic mass is 9.80. The fourth-order valence-electron chi connectivity index (χ4n) is 3.94. The van der Waals surface area contributed by atoms with Crippen LogP contribution in [0.1, 0.15) is 49.8 Å². The number of aryl methyl sites for hydroxylation is 1. The second kappa shape index (κ2) is 7.58. The molecule has 3 heteroatoms. The van der Waals surface area contributed by atoms with Crippen molar-refractivity contribution in [3.8, 4) is 0 Å². The predicted octanol–water partition coefficient (Wildman–Crippen LogP) is 2.75. The Bertz CT molecular complexity index is 468.